The predicted octanol–water partition coefficient (Wildman–Crippen LogP) is 6.49. The molecule has 0 spiro atoms. The molecule has 3 aromatic carbocycles. The van der Waals surface area contributed by atoms with Crippen LogP contribution in [-0.2, 0) is 17.8 Å². The Kier molecular flexibility index (Phi) is 10.5. The van der Waals surface area contributed by atoms with Crippen molar-refractivity contribution >= 4 is 17.7 Å². The minimum absolute atomic E-state index is 0.0197. The zero-order chi connectivity index (χ0) is 28.3. The maximum atomic E-state index is 12.4. The van der Waals surface area contributed by atoms with Gasteiger partial charge in [-0.05, 0) is 79.1 Å². The number of methoxy groups -OCH3 is 3. The maximum Gasteiger partial charge on any atom is 0.224 e. The van der Waals surface area contributed by atoms with Crippen LogP contribution in [0.3, 0.4) is 0 Å². The fourth-order valence-electron chi connectivity index (χ4n) is 4.42. The van der Waals surface area contributed by atoms with Gasteiger partial charge in [0.1, 0.15) is 17.2 Å². The molecule has 0 radical (unpaired) electrons. The van der Waals surface area contributed by atoms with E-state index in [1.807, 2.05) is 48.5 Å². The topological polar surface area (TPSA) is 74.6 Å². The van der Waals surface area contributed by atoms with E-state index >= 15 is 0 Å². The van der Waals surface area contributed by atoms with Crippen molar-refractivity contribution in [2.24, 2.45) is 0 Å². The lowest BCUT2D eigenvalue weighted by Gasteiger charge is -2.13. The molecule has 8 heteroatoms. The van der Waals surface area contributed by atoms with Crippen LogP contribution < -0.4 is 19.5 Å². The first kappa shape index (κ1) is 29.1. The lowest BCUT2D eigenvalue weighted by molar-refractivity contribution is -0.120. The number of nitrogens with zero attached hydrogens (tertiary/aromatic N) is 2. The second-order valence-corrected chi connectivity index (χ2v) is 10.3. The highest BCUT2D eigenvalue weighted by atomic mass is 32.2. The lowest BCUT2D eigenvalue weighted by atomic mass is 10.0. The van der Waals surface area contributed by atoms with Crippen molar-refractivity contribution in [2.75, 3.05) is 33.6 Å². The molecule has 1 heterocycles. The number of carbonyl (C=O) groups excluding carboxylic acids is 1. The van der Waals surface area contributed by atoms with Gasteiger partial charge in [-0.2, -0.15) is 0 Å². The van der Waals surface area contributed by atoms with E-state index in [0.717, 1.165) is 75.6 Å². The van der Waals surface area contributed by atoms with Gasteiger partial charge in [0.2, 0.25) is 5.91 Å². The number of carbonyl (C=O) groups is 1. The van der Waals surface area contributed by atoms with Crippen LogP contribution in [0.1, 0.15) is 25.3 Å². The number of hydrogen-bond donors (Lipinski definition) is 1. The maximum absolute atomic E-state index is 12.4. The molecule has 0 bridgehead atoms. The largest absolute Gasteiger partial charge is 0.497 e. The van der Waals surface area contributed by atoms with Gasteiger partial charge >= 0.3 is 0 Å². The van der Waals surface area contributed by atoms with Crippen LogP contribution in [0.15, 0.2) is 78.0 Å². The summed E-state index contributed by atoms with van der Waals surface area (Å²) in [7, 11) is 4.98. The number of amides is 1. The van der Waals surface area contributed by atoms with E-state index in [0.29, 0.717) is 13.0 Å². The SMILES string of the molecule is CCCn1c(SCCCNC(=O)Cc2ccc(OC)cc2)nc(-c2ccc(OC)cc2)c1-c1ccc(OC)cc1. The highest BCUT2D eigenvalue weighted by Gasteiger charge is 2.20. The average molecular weight is 560 g/mol. The van der Waals surface area contributed by atoms with Gasteiger partial charge in [0.25, 0.3) is 0 Å². The molecule has 1 amide bonds. The summed E-state index contributed by atoms with van der Waals surface area (Å²) < 4.78 is 18.3. The van der Waals surface area contributed by atoms with Crippen molar-refractivity contribution in [1.82, 2.24) is 14.9 Å². The predicted molar refractivity (Wildman–Crippen MR) is 162 cm³/mol. The molecule has 0 aliphatic rings. The molecule has 0 aliphatic carbocycles. The normalized spacial score (nSPS) is 10.8. The van der Waals surface area contributed by atoms with Crippen molar-refractivity contribution in [3.05, 3.63) is 78.4 Å². The van der Waals surface area contributed by atoms with Crippen molar-refractivity contribution in [3.8, 4) is 39.8 Å². The molecule has 0 saturated heterocycles. The Morgan fingerprint density at radius 2 is 1.38 bits per heavy atom. The Morgan fingerprint density at radius 1 is 0.825 bits per heavy atom. The Balaban J connectivity index is 1.47. The van der Waals surface area contributed by atoms with E-state index in [4.69, 9.17) is 19.2 Å². The van der Waals surface area contributed by atoms with Crippen LogP contribution in [0.25, 0.3) is 22.5 Å². The third-order valence-electron chi connectivity index (χ3n) is 6.50. The minimum Gasteiger partial charge on any atom is -0.497 e. The number of hydrogen-bond acceptors (Lipinski definition) is 6. The van der Waals surface area contributed by atoms with E-state index in [9.17, 15) is 4.79 Å². The summed E-state index contributed by atoms with van der Waals surface area (Å²) in [4.78, 5) is 17.5. The molecule has 1 aromatic heterocycles. The van der Waals surface area contributed by atoms with Gasteiger partial charge in [0.05, 0.1) is 39.1 Å². The van der Waals surface area contributed by atoms with Gasteiger partial charge in [-0.15, -0.1) is 0 Å². The molecule has 0 aliphatic heterocycles. The second-order valence-electron chi connectivity index (χ2n) is 9.28. The number of aromatic nitrogens is 2. The van der Waals surface area contributed by atoms with Crippen molar-refractivity contribution < 1.29 is 19.0 Å². The molecule has 0 fully saturated rings. The zero-order valence-electron chi connectivity index (χ0n) is 23.6. The highest BCUT2D eigenvalue weighted by Crippen LogP contribution is 2.37. The minimum atomic E-state index is 0.0197. The Labute approximate surface area is 240 Å². The Morgan fingerprint density at radius 3 is 1.93 bits per heavy atom. The van der Waals surface area contributed by atoms with Gasteiger partial charge < -0.3 is 24.1 Å². The van der Waals surface area contributed by atoms with E-state index in [1.165, 1.54) is 0 Å². The van der Waals surface area contributed by atoms with Crippen LogP contribution in [0, 0.1) is 0 Å². The molecule has 40 heavy (non-hydrogen) atoms. The molecule has 0 atom stereocenters. The average Bonchev–Trinajstić information content (AvgIpc) is 3.35. The molecule has 4 aromatic rings. The van der Waals surface area contributed by atoms with Gasteiger partial charge in [-0.25, -0.2) is 4.98 Å². The van der Waals surface area contributed by atoms with Gasteiger partial charge in [0, 0.05) is 30.0 Å². The van der Waals surface area contributed by atoms with Gasteiger partial charge in [-0.1, -0.05) is 30.8 Å². The zero-order valence-corrected chi connectivity index (χ0v) is 24.4. The van der Waals surface area contributed by atoms with E-state index < -0.39 is 0 Å². The van der Waals surface area contributed by atoms with Crippen molar-refractivity contribution in [3.63, 3.8) is 0 Å². The van der Waals surface area contributed by atoms with Crippen LogP contribution in [0.4, 0.5) is 0 Å². The quantitative estimate of drug-likeness (QED) is 0.141. The number of thioether (sulfide) groups is 1. The van der Waals surface area contributed by atoms with Crippen LogP contribution in [0.5, 0.6) is 17.2 Å². The van der Waals surface area contributed by atoms with E-state index in [-0.39, 0.29) is 5.91 Å². The summed E-state index contributed by atoms with van der Waals surface area (Å²) >= 11 is 1.72. The third kappa shape index (κ3) is 7.39. The first-order valence-electron chi connectivity index (χ1n) is 13.5. The Hall–Kier alpha value is -3.91. The summed E-state index contributed by atoms with van der Waals surface area (Å²) in [5.74, 6) is 3.28. The number of rotatable bonds is 14. The smallest absolute Gasteiger partial charge is 0.224 e. The number of nitrogens with one attached hydrogen (secondary N) is 1. The number of ether oxygens (including phenoxy) is 3. The molecule has 7 nitrogen and oxygen atoms in total. The molecule has 0 unspecified atom stereocenters. The molecule has 1 N–H and O–H groups in total. The van der Waals surface area contributed by atoms with Crippen molar-refractivity contribution in [2.45, 2.75) is 37.9 Å². The summed E-state index contributed by atoms with van der Waals surface area (Å²) in [5.41, 5.74) is 5.12. The molecular formula is C32H37N3O4S. The van der Waals surface area contributed by atoms with Crippen LogP contribution in [0.2, 0.25) is 0 Å². The second kappa shape index (κ2) is 14.5. The molecule has 0 saturated carbocycles. The highest BCUT2D eigenvalue weighted by molar-refractivity contribution is 7.99. The molecular weight excluding hydrogens is 522 g/mol. The summed E-state index contributed by atoms with van der Waals surface area (Å²) in [6.45, 7) is 3.65. The number of benzene rings is 3. The van der Waals surface area contributed by atoms with Gasteiger partial charge in [0.15, 0.2) is 5.16 Å². The number of imidazole rings is 1. The summed E-state index contributed by atoms with van der Waals surface area (Å²) in [6, 6.07) is 23.8. The fourth-order valence-corrected chi connectivity index (χ4v) is 5.39. The summed E-state index contributed by atoms with van der Waals surface area (Å²) in [6.07, 6.45) is 2.18. The fraction of sp³-hybridized carbons (Fsp3) is 0.312. The first-order valence-corrected chi connectivity index (χ1v) is 14.5. The first-order chi connectivity index (χ1) is 19.6. The molecule has 210 valence electrons. The third-order valence-corrected chi connectivity index (χ3v) is 7.57. The van der Waals surface area contributed by atoms with Crippen LogP contribution >= 0.6 is 11.8 Å². The molecule has 4 rings (SSSR count). The van der Waals surface area contributed by atoms with E-state index in [2.05, 4.69) is 41.1 Å². The monoisotopic (exact) mass is 559 g/mol. The van der Waals surface area contributed by atoms with Crippen molar-refractivity contribution in [1.29, 1.82) is 0 Å². The lowest BCUT2D eigenvalue weighted by Crippen LogP contribution is -2.26. The summed E-state index contributed by atoms with van der Waals surface area (Å²) in [5, 5.41) is 4.02. The Bertz CT molecular complexity index is 1370. The standard InChI is InChI=1S/C32H37N3O4S/c1-5-20-35-31(25-11-17-28(39-4)18-12-25)30(24-9-15-27(38-3)16-10-24)34-32(35)40-21-6-19-33-29(36)22-23-7-13-26(37-2)14-8-23/h7-18H,5-6,19-22H2,1-4H3,(H,33,36). The van der Waals surface area contributed by atoms with E-state index in [1.54, 1.807) is 33.1 Å². The van der Waals surface area contributed by atoms with Gasteiger partial charge in [-0.3, -0.25) is 4.79 Å². The van der Waals surface area contributed by atoms with Crippen LogP contribution in [-0.4, -0.2) is 49.1 Å².